The van der Waals surface area contributed by atoms with Crippen molar-refractivity contribution in [1.82, 2.24) is 20.2 Å². The van der Waals surface area contributed by atoms with Crippen molar-refractivity contribution in [3.8, 4) is 0 Å². The van der Waals surface area contributed by atoms with Crippen molar-refractivity contribution in [2.45, 2.75) is 19.1 Å². The Kier molecular flexibility index (Phi) is 6.91. The summed E-state index contributed by atoms with van der Waals surface area (Å²) in [6.45, 7) is 0.273. The summed E-state index contributed by atoms with van der Waals surface area (Å²) in [5.41, 5.74) is 0.936. The van der Waals surface area contributed by atoms with Crippen molar-refractivity contribution in [3.05, 3.63) is 90.1 Å². The van der Waals surface area contributed by atoms with Gasteiger partial charge in [-0.1, -0.05) is 6.07 Å². The number of rotatable bonds is 7. The first-order valence-corrected chi connectivity index (χ1v) is 11.4. The van der Waals surface area contributed by atoms with Gasteiger partial charge < -0.3 is 15.4 Å². The van der Waals surface area contributed by atoms with Crippen LogP contribution in [0.15, 0.2) is 82.8 Å². The fraction of sp³-hybridized carbons (Fsp3) is 0.120. The van der Waals surface area contributed by atoms with Crippen LogP contribution in [-0.4, -0.2) is 32.2 Å². The van der Waals surface area contributed by atoms with Crippen molar-refractivity contribution in [3.63, 3.8) is 0 Å². The number of carbonyl (C=O) groups excluding carboxylic acids is 1. The first-order valence-electron chi connectivity index (χ1n) is 11.4. The van der Waals surface area contributed by atoms with Crippen molar-refractivity contribution in [2.75, 3.05) is 10.6 Å². The number of urea groups is 1. The highest BCUT2D eigenvalue weighted by molar-refractivity contribution is 5.99. The number of H-pyrrole nitrogens is 1. The Bertz CT molecular complexity index is 1650. The molecule has 2 amide bonds. The van der Waals surface area contributed by atoms with Crippen LogP contribution in [0.4, 0.5) is 35.2 Å². The van der Waals surface area contributed by atoms with Gasteiger partial charge in [-0.05, 0) is 53.0 Å². The fourth-order valence-electron chi connectivity index (χ4n) is 3.74. The number of aliphatic imine (C=N–C) groups is 1. The zero-order valence-electron chi connectivity index (χ0n) is 19.9. The fourth-order valence-corrected chi connectivity index (χ4v) is 3.74. The number of nitrogens with zero attached hydrogens (tertiary/aromatic N) is 5. The van der Waals surface area contributed by atoms with Crippen LogP contribution < -0.4 is 20.4 Å². The SMILES string of the molecule is O=C(Nc1cc(N=C([O-])Cc2c[nH]c3cccnc23)cc(C(F)(F)F)c1)Nc1c[n+](Cc2ccccn2)no1. The van der Waals surface area contributed by atoms with Crippen molar-refractivity contribution in [1.29, 1.82) is 0 Å². The minimum Gasteiger partial charge on any atom is -0.861 e. The van der Waals surface area contributed by atoms with E-state index in [9.17, 15) is 23.1 Å². The molecule has 0 spiro atoms. The van der Waals surface area contributed by atoms with Crippen LogP contribution in [0.1, 0.15) is 16.8 Å². The second-order valence-electron chi connectivity index (χ2n) is 8.33. The number of halogens is 3. The third-order valence-corrected chi connectivity index (χ3v) is 5.41. The number of aromatic amines is 1. The highest BCUT2D eigenvalue weighted by Gasteiger charge is 2.31. The van der Waals surface area contributed by atoms with Crippen LogP contribution >= 0.6 is 0 Å². The lowest BCUT2D eigenvalue weighted by Crippen LogP contribution is -2.35. The Labute approximate surface area is 218 Å². The van der Waals surface area contributed by atoms with E-state index in [1.165, 1.54) is 10.9 Å². The van der Waals surface area contributed by atoms with E-state index in [4.69, 9.17) is 4.52 Å². The number of benzene rings is 1. The lowest BCUT2D eigenvalue weighted by molar-refractivity contribution is -0.755. The lowest BCUT2D eigenvalue weighted by Gasteiger charge is -2.14. The molecule has 0 fully saturated rings. The summed E-state index contributed by atoms with van der Waals surface area (Å²) in [6, 6.07) is 10.6. The molecule has 0 unspecified atom stereocenters. The van der Waals surface area contributed by atoms with E-state index in [2.05, 4.69) is 35.8 Å². The standard InChI is InChI=1S/C25H19F3N8O3/c26-25(27,28)16-9-18(32-21(37)8-15-12-31-20-5-3-7-30-23(15)20)11-19(10-16)33-24(38)34-22-14-36(35-39-22)13-17-4-1-2-6-29-17/h1-7,9-12,14H,8,13H2,(H3-,30,31,32,33,34,35,37,38). The molecule has 0 aliphatic rings. The minimum absolute atomic E-state index is 0.0529. The summed E-state index contributed by atoms with van der Waals surface area (Å²) in [5, 5.41) is 21.0. The molecule has 4 aromatic heterocycles. The van der Waals surface area contributed by atoms with E-state index in [1.54, 1.807) is 48.9 Å². The van der Waals surface area contributed by atoms with Crippen molar-refractivity contribution in [2.24, 2.45) is 4.99 Å². The molecule has 3 N–H and O–H groups in total. The molecule has 0 atom stereocenters. The van der Waals surface area contributed by atoms with Crippen molar-refractivity contribution >= 4 is 40.2 Å². The van der Waals surface area contributed by atoms with Gasteiger partial charge in [0.2, 0.25) is 11.8 Å². The second kappa shape index (κ2) is 10.6. The van der Waals surface area contributed by atoms with Crippen LogP contribution in [0, 0.1) is 0 Å². The monoisotopic (exact) mass is 536 g/mol. The number of carbonyl (C=O) groups is 1. The number of hydrogen-bond acceptors (Lipinski definition) is 7. The lowest BCUT2D eigenvalue weighted by atomic mass is 10.1. The van der Waals surface area contributed by atoms with Gasteiger partial charge >= 0.3 is 18.1 Å². The van der Waals surface area contributed by atoms with Gasteiger partial charge in [0.25, 0.3) is 6.20 Å². The van der Waals surface area contributed by atoms with Gasteiger partial charge in [0.15, 0.2) is 0 Å². The van der Waals surface area contributed by atoms with E-state index in [-0.39, 0.29) is 30.2 Å². The zero-order valence-corrected chi connectivity index (χ0v) is 19.9. The number of pyridine rings is 2. The maximum atomic E-state index is 13.5. The Balaban J connectivity index is 1.31. The number of nitrogens with one attached hydrogen (secondary N) is 3. The van der Waals surface area contributed by atoms with Crippen LogP contribution in [0.25, 0.3) is 11.0 Å². The minimum atomic E-state index is -4.75. The molecular weight excluding hydrogens is 517 g/mol. The molecule has 14 heteroatoms. The highest BCUT2D eigenvalue weighted by atomic mass is 19.4. The van der Waals surface area contributed by atoms with Gasteiger partial charge in [-0.25, -0.2) is 4.79 Å². The van der Waals surface area contributed by atoms with Crippen LogP contribution in [0.2, 0.25) is 0 Å². The normalized spacial score (nSPS) is 12.0. The summed E-state index contributed by atoms with van der Waals surface area (Å²) >= 11 is 0. The predicted octanol–water partition coefficient (Wildman–Crippen LogP) is 3.58. The summed E-state index contributed by atoms with van der Waals surface area (Å²) in [6.07, 6.45) is 1.24. The molecule has 0 radical (unpaired) electrons. The first kappa shape index (κ1) is 25.4. The average Bonchev–Trinajstić information content (AvgIpc) is 3.50. The van der Waals surface area contributed by atoms with Crippen LogP contribution in [0.3, 0.4) is 0 Å². The van der Waals surface area contributed by atoms with Gasteiger partial charge in [0, 0.05) is 36.3 Å². The third kappa shape index (κ3) is 6.36. The number of hydrogen-bond donors (Lipinski definition) is 3. The summed E-state index contributed by atoms with van der Waals surface area (Å²) in [4.78, 5) is 27.6. The average molecular weight is 536 g/mol. The van der Waals surface area contributed by atoms with Gasteiger partial charge in [-0.2, -0.15) is 13.2 Å². The maximum Gasteiger partial charge on any atom is 0.416 e. The molecule has 1 aromatic carbocycles. The molecule has 5 aromatic rings. The van der Waals surface area contributed by atoms with Gasteiger partial charge in [0.05, 0.1) is 22.3 Å². The van der Waals surface area contributed by atoms with Gasteiger partial charge in [-0.15, -0.1) is 0 Å². The first-order chi connectivity index (χ1) is 18.7. The van der Waals surface area contributed by atoms with Gasteiger partial charge in [0.1, 0.15) is 5.69 Å². The van der Waals surface area contributed by atoms with Crippen molar-refractivity contribution < 1.29 is 32.3 Å². The number of anilines is 2. The Morgan fingerprint density at radius 2 is 1.95 bits per heavy atom. The Hall–Kier alpha value is -5.27. The molecule has 5 rings (SSSR count). The highest BCUT2D eigenvalue weighted by Crippen LogP contribution is 2.34. The molecule has 39 heavy (non-hydrogen) atoms. The van der Waals surface area contributed by atoms with E-state index < -0.39 is 23.7 Å². The largest absolute Gasteiger partial charge is 0.861 e. The molecule has 0 saturated heterocycles. The summed E-state index contributed by atoms with van der Waals surface area (Å²) < 4.78 is 47.0. The molecule has 0 aliphatic heterocycles. The quantitative estimate of drug-likeness (QED) is 0.165. The Morgan fingerprint density at radius 1 is 1.10 bits per heavy atom. The molecule has 11 nitrogen and oxygen atoms in total. The molecule has 0 bridgehead atoms. The third-order valence-electron chi connectivity index (χ3n) is 5.41. The topological polar surface area (TPSA) is 148 Å². The number of amides is 2. The second-order valence-corrected chi connectivity index (χ2v) is 8.33. The summed E-state index contributed by atoms with van der Waals surface area (Å²) in [5.74, 6) is -0.738. The van der Waals surface area contributed by atoms with Gasteiger partial charge in [-0.3, -0.25) is 24.8 Å². The Morgan fingerprint density at radius 3 is 2.74 bits per heavy atom. The maximum absolute atomic E-state index is 13.5. The molecule has 198 valence electrons. The van der Waals surface area contributed by atoms with Crippen LogP contribution in [-0.2, 0) is 19.1 Å². The smallest absolute Gasteiger partial charge is 0.416 e. The number of alkyl halides is 3. The van der Waals surface area contributed by atoms with E-state index in [0.717, 1.165) is 18.2 Å². The molecule has 4 heterocycles. The predicted molar refractivity (Wildman–Crippen MR) is 131 cm³/mol. The van der Waals surface area contributed by atoms with E-state index in [0.29, 0.717) is 22.3 Å². The summed E-state index contributed by atoms with van der Waals surface area (Å²) in [7, 11) is 0. The number of fused-ring (bicyclic) bond motifs is 1. The zero-order chi connectivity index (χ0) is 27.4. The molecule has 0 aliphatic carbocycles. The van der Waals surface area contributed by atoms with Crippen LogP contribution in [0.5, 0.6) is 0 Å². The molecular formula is C25H19F3N8O3. The number of aromatic nitrogens is 5. The van der Waals surface area contributed by atoms with E-state index >= 15 is 0 Å². The molecule has 0 saturated carbocycles. The van der Waals surface area contributed by atoms with E-state index in [1.807, 2.05) is 0 Å².